The highest BCUT2D eigenvalue weighted by Gasteiger charge is 2.17. The number of aryl methyl sites for hydroxylation is 1. The number of aromatic nitrogens is 3. The van der Waals surface area contributed by atoms with E-state index in [1.807, 2.05) is 16.9 Å². The molecule has 0 spiro atoms. The summed E-state index contributed by atoms with van der Waals surface area (Å²) >= 11 is 0. The molecule has 0 saturated carbocycles. The average Bonchev–Trinajstić information content (AvgIpc) is 2.73. The van der Waals surface area contributed by atoms with Crippen molar-refractivity contribution in [2.24, 2.45) is 0 Å². The summed E-state index contributed by atoms with van der Waals surface area (Å²) in [6.45, 7) is 11.6. The van der Waals surface area contributed by atoms with Gasteiger partial charge in [-0.05, 0) is 45.4 Å². The van der Waals surface area contributed by atoms with Crippen LogP contribution >= 0.6 is 0 Å². The smallest absolute Gasteiger partial charge is 0.158 e. The van der Waals surface area contributed by atoms with Crippen LogP contribution in [-0.4, -0.2) is 21.3 Å². The van der Waals surface area contributed by atoms with Crippen molar-refractivity contribution in [2.45, 2.75) is 47.1 Å². The Bertz CT molecular complexity index is 586. The summed E-state index contributed by atoms with van der Waals surface area (Å²) in [5.41, 5.74) is 4.78. The van der Waals surface area contributed by atoms with E-state index in [0.717, 1.165) is 24.5 Å². The van der Waals surface area contributed by atoms with Gasteiger partial charge in [0.1, 0.15) is 0 Å². The molecular formula is C16H24N4. The average molecular weight is 272 g/mol. The first-order valence-corrected chi connectivity index (χ1v) is 7.33. The lowest BCUT2D eigenvalue weighted by atomic mass is 10.1. The molecular weight excluding hydrogens is 248 g/mol. The molecule has 2 rings (SSSR count). The van der Waals surface area contributed by atoms with Gasteiger partial charge in [-0.25, -0.2) is 9.67 Å². The zero-order valence-electron chi connectivity index (χ0n) is 13.1. The predicted octanol–water partition coefficient (Wildman–Crippen LogP) is 3.12. The highest BCUT2D eigenvalue weighted by molar-refractivity contribution is 5.39. The molecule has 1 atom stereocenters. The van der Waals surface area contributed by atoms with Gasteiger partial charge in [0.15, 0.2) is 5.82 Å². The van der Waals surface area contributed by atoms with Crippen molar-refractivity contribution in [3.63, 3.8) is 0 Å². The van der Waals surface area contributed by atoms with Crippen molar-refractivity contribution in [1.29, 1.82) is 0 Å². The highest BCUT2D eigenvalue weighted by atomic mass is 15.3. The molecule has 1 unspecified atom stereocenters. The minimum atomic E-state index is 0.262. The fraction of sp³-hybridized carbons (Fsp3) is 0.500. The third kappa shape index (κ3) is 2.61. The van der Waals surface area contributed by atoms with Gasteiger partial charge in [0.05, 0.1) is 5.69 Å². The van der Waals surface area contributed by atoms with Crippen molar-refractivity contribution in [1.82, 2.24) is 20.1 Å². The molecule has 2 heterocycles. The number of hydrogen-bond acceptors (Lipinski definition) is 3. The quantitative estimate of drug-likeness (QED) is 0.909. The Kier molecular flexibility index (Phi) is 4.55. The molecule has 0 aromatic carbocycles. The van der Waals surface area contributed by atoms with Gasteiger partial charge in [0, 0.05) is 23.5 Å². The summed E-state index contributed by atoms with van der Waals surface area (Å²) in [6.07, 6.45) is 2.84. The van der Waals surface area contributed by atoms with E-state index in [1.54, 1.807) is 0 Å². The Morgan fingerprint density at radius 1 is 1.30 bits per heavy atom. The van der Waals surface area contributed by atoms with Crippen molar-refractivity contribution in [2.75, 3.05) is 6.54 Å². The predicted molar refractivity (Wildman–Crippen MR) is 82.3 cm³/mol. The van der Waals surface area contributed by atoms with E-state index in [2.05, 4.69) is 56.1 Å². The van der Waals surface area contributed by atoms with E-state index >= 15 is 0 Å². The van der Waals surface area contributed by atoms with Crippen molar-refractivity contribution in [3.05, 3.63) is 40.8 Å². The maximum absolute atomic E-state index is 4.68. The number of nitrogens with one attached hydrogen (secondary N) is 1. The van der Waals surface area contributed by atoms with Crippen molar-refractivity contribution < 1.29 is 0 Å². The minimum absolute atomic E-state index is 0.262. The largest absolute Gasteiger partial charge is 0.310 e. The van der Waals surface area contributed by atoms with E-state index < -0.39 is 0 Å². The Hall–Kier alpha value is -1.68. The second-order valence-electron chi connectivity index (χ2n) is 5.11. The molecule has 108 valence electrons. The van der Waals surface area contributed by atoms with Crippen LogP contribution in [0.5, 0.6) is 0 Å². The fourth-order valence-electron chi connectivity index (χ4n) is 2.73. The van der Waals surface area contributed by atoms with Gasteiger partial charge in [0.25, 0.3) is 0 Å². The van der Waals surface area contributed by atoms with Gasteiger partial charge in [-0.3, -0.25) is 0 Å². The third-order valence-electron chi connectivity index (χ3n) is 3.79. The highest BCUT2D eigenvalue weighted by Crippen LogP contribution is 2.23. The summed E-state index contributed by atoms with van der Waals surface area (Å²) in [5.74, 6) is 0.932. The van der Waals surface area contributed by atoms with E-state index in [0.29, 0.717) is 0 Å². The van der Waals surface area contributed by atoms with Gasteiger partial charge >= 0.3 is 0 Å². The second kappa shape index (κ2) is 6.18. The zero-order valence-corrected chi connectivity index (χ0v) is 13.1. The van der Waals surface area contributed by atoms with Crippen LogP contribution in [0.25, 0.3) is 5.82 Å². The summed E-state index contributed by atoms with van der Waals surface area (Å²) in [4.78, 5) is 4.56. The number of pyridine rings is 1. The number of rotatable bonds is 5. The summed E-state index contributed by atoms with van der Waals surface area (Å²) in [7, 11) is 0. The standard InChI is InChI=1S/C16H24N4/c1-6-14-12(4)19-20(13(14)5)16-15(9-8-10-18-16)11(3)17-7-2/h8-11,17H,6-7H2,1-5H3. The summed E-state index contributed by atoms with van der Waals surface area (Å²) < 4.78 is 1.98. The molecule has 20 heavy (non-hydrogen) atoms. The molecule has 0 fully saturated rings. The molecule has 0 aliphatic rings. The molecule has 0 amide bonds. The molecule has 2 aromatic heterocycles. The van der Waals surface area contributed by atoms with Gasteiger partial charge in [-0.2, -0.15) is 5.10 Å². The fourth-order valence-corrected chi connectivity index (χ4v) is 2.73. The monoisotopic (exact) mass is 272 g/mol. The molecule has 0 radical (unpaired) electrons. The lowest BCUT2D eigenvalue weighted by Gasteiger charge is -2.17. The first-order valence-electron chi connectivity index (χ1n) is 7.33. The van der Waals surface area contributed by atoms with Crippen LogP contribution in [0.4, 0.5) is 0 Å². The van der Waals surface area contributed by atoms with Crippen LogP contribution in [0.2, 0.25) is 0 Å². The van der Waals surface area contributed by atoms with Gasteiger partial charge in [-0.15, -0.1) is 0 Å². The Morgan fingerprint density at radius 2 is 2.05 bits per heavy atom. The van der Waals surface area contributed by atoms with Crippen molar-refractivity contribution in [3.8, 4) is 5.82 Å². The first-order chi connectivity index (χ1) is 9.60. The van der Waals surface area contributed by atoms with E-state index in [1.165, 1.54) is 16.8 Å². The molecule has 4 nitrogen and oxygen atoms in total. The van der Waals surface area contributed by atoms with E-state index in [4.69, 9.17) is 0 Å². The van der Waals surface area contributed by atoms with Gasteiger partial charge in [0.2, 0.25) is 0 Å². The lowest BCUT2D eigenvalue weighted by Crippen LogP contribution is -2.20. The Morgan fingerprint density at radius 3 is 2.65 bits per heavy atom. The molecule has 0 aliphatic heterocycles. The number of nitrogens with zero attached hydrogens (tertiary/aromatic N) is 3. The normalized spacial score (nSPS) is 12.7. The van der Waals surface area contributed by atoms with Crippen LogP contribution in [-0.2, 0) is 6.42 Å². The van der Waals surface area contributed by atoms with E-state index in [9.17, 15) is 0 Å². The molecule has 2 aromatic rings. The second-order valence-corrected chi connectivity index (χ2v) is 5.11. The molecule has 4 heteroatoms. The molecule has 1 N–H and O–H groups in total. The van der Waals surface area contributed by atoms with Crippen molar-refractivity contribution >= 4 is 0 Å². The molecule has 0 saturated heterocycles. The molecule has 0 bridgehead atoms. The maximum Gasteiger partial charge on any atom is 0.158 e. The third-order valence-corrected chi connectivity index (χ3v) is 3.79. The lowest BCUT2D eigenvalue weighted by molar-refractivity contribution is 0.588. The Balaban J connectivity index is 2.53. The zero-order chi connectivity index (χ0) is 14.7. The first kappa shape index (κ1) is 14.7. The summed E-state index contributed by atoms with van der Waals surface area (Å²) in [5, 5.41) is 8.13. The molecule has 0 aliphatic carbocycles. The SMILES string of the molecule is CCNC(C)c1cccnc1-n1nc(C)c(CC)c1C. The van der Waals surface area contributed by atoms with Crippen LogP contribution in [0.3, 0.4) is 0 Å². The van der Waals surface area contributed by atoms with Crippen LogP contribution in [0, 0.1) is 13.8 Å². The minimum Gasteiger partial charge on any atom is -0.310 e. The topological polar surface area (TPSA) is 42.7 Å². The van der Waals surface area contributed by atoms with Gasteiger partial charge in [-0.1, -0.05) is 19.9 Å². The Labute approximate surface area is 121 Å². The number of hydrogen-bond donors (Lipinski definition) is 1. The van der Waals surface area contributed by atoms with Crippen LogP contribution in [0.1, 0.15) is 49.3 Å². The summed E-state index contributed by atoms with van der Waals surface area (Å²) in [6, 6.07) is 4.37. The van der Waals surface area contributed by atoms with Crippen LogP contribution in [0.15, 0.2) is 18.3 Å². The van der Waals surface area contributed by atoms with E-state index in [-0.39, 0.29) is 6.04 Å². The maximum atomic E-state index is 4.68. The van der Waals surface area contributed by atoms with Crippen LogP contribution < -0.4 is 5.32 Å². The van der Waals surface area contributed by atoms with Gasteiger partial charge < -0.3 is 5.32 Å².